The highest BCUT2D eigenvalue weighted by Gasteiger charge is 2.12. The minimum Gasteiger partial charge on any atom is -0.456 e. The van der Waals surface area contributed by atoms with Gasteiger partial charge in [0, 0.05) is 6.54 Å². The van der Waals surface area contributed by atoms with E-state index in [1.807, 2.05) is 0 Å². The zero-order valence-electron chi connectivity index (χ0n) is 13.4. The number of benzene rings is 1. The summed E-state index contributed by atoms with van der Waals surface area (Å²) < 4.78 is 13.1. The predicted octanol–water partition coefficient (Wildman–Crippen LogP) is 2.05. The molecule has 0 saturated carbocycles. The Morgan fingerprint density at radius 1 is 1.12 bits per heavy atom. The summed E-state index contributed by atoms with van der Waals surface area (Å²) in [6.45, 7) is -0.271. The van der Waals surface area contributed by atoms with E-state index in [-0.39, 0.29) is 18.9 Å². The van der Waals surface area contributed by atoms with Crippen LogP contribution < -0.4 is 10.6 Å². The molecule has 0 aliphatic carbocycles. The molecule has 2 heterocycles. The summed E-state index contributed by atoms with van der Waals surface area (Å²) in [6.07, 6.45) is -0.0179. The molecule has 0 atom stereocenters. The van der Waals surface area contributed by atoms with E-state index in [0.717, 1.165) is 11.7 Å². The topological polar surface area (TPSA) is 110 Å². The molecular formula is C16H14N4O4S2. The molecule has 2 amide bonds. The Labute approximate surface area is 156 Å². The molecule has 3 rings (SSSR count). The number of amides is 2. The molecule has 0 spiro atoms. The van der Waals surface area contributed by atoms with Crippen molar-refractivity contribution in [2.24, 2.45) is 0 Å². The van der Waals surface area contributed by atoms with Gasteiger partial charge in [-0.25, -0.2) is 0 Å². The number of esters is 1. The molecule has 10 heteroatoms. The zero-order valence-corrected chi connectivity index (χ0v) is 15.1. The average molecular weight is 390 g/mol. The number of rotatable bonds is 7. The Morgan fingerprint density at radius 2 is 2.00 bits per heavy atom. The van der Waals surface area contributed by atoms with Crippen molar-refractivity contribution in [3.8, 4) is 0 Å². The van der Waals surface area contributed by atoms with E-state index in [1.165, 1.54) is 11.3 Å². The predicted molar refractivity (Wildman–Crippen MR) is 98.3 cm³/mol. The highest BCUT2D eigenvalue weighted by atomic mass is 32.1. The number of aromatic nitrogens is 2. The Hall–Kier alpha value is -2.85. The van der Waals surface area contributed by atoms with Gasteiger partial charge in [0.05, 0.1) is 28.7 Å². The number of anilines is 1. The summed E-state index contributed by atoms with van der Waals surface area (Å²) in [7, 11) is 0. The Bertz CT molecular complexity index is 923. The van der Waals surface area contributed by atoms with Crippen molar-refractivity contribution in [2.75, 3.05) is 18.5 Å². The maximum absolute atomic E-state index is 11.9. The largest absolute Gasteiger partial charge is 0.456 e. The van der Waals surface area contributed by atoms with Gasteiger partial charge in [-0.1, -0.05) is 12.1 Å². The van der Waals surface area contributed by atoms with Gasteiger partial charge in [-0.3, -0.25) is 14.4 Å². The number of nitrogens with one attached hydrogen (secondary N) is 2. The summed E-state index contributed by atoms with van der Waals surface area (Å²) >= 11 is 2.37. The third-order valence-corrected chi connectivity index (χ3v) is 4.70. The molecule has 2 N–H and O–H groups in total. The van der Waals surface area contributed by atoms with Crippen LogP contribution in [0.15, 0.2) is 35.7 Å². The van der Waals surface area contributed by atoms with Gasteiger partial charge >= 0.3 is 5.97 Å². The lowest BCUT2D eigenvalue weighted by Crippen LogP contribution is -2.27. The van der Waals surface area contributed by atoms with E-state index < -0.39 is 18.5 Å². The summed E-state index contributed by atoms with van der Waals surface area (Å²) in [6, 6.07) is 8.71. The number of hydrogen-bond donors (Lipinski definition) is 2. The summed E-state index contributed by atoms with van der Waals surface area (Å²) in [4.78, 5) is 35.9. The number of thiophene rings is 1. The van der Waals surface area contributed by atoms with Crippen molar-refractivity contribution in [1.29, 1.82) is 0 Å². The molecule has 26 heavy (non-hydrogen) atoms. The van der Waals surface area contributed by atoms with E-state index in [1.54, 1.807) is 35.7 Å². The van der Waals surface area contributed by atoms with Crippen LogP contribution in [0.2, 0.25) is 0 Å². The van der Waals surface area contributed by atoms with E-state index in [4.69, 9.17) is 4.74 Å². The van der Waals surface area contributed by atoms with Crippen molar-refractivity contribution in [2.45, 2.75) is 6.42 Å². The molecule has 0 aliphatic heterocycles. The van der Waals surface area contributed by atoms with Crippen molar-refractivity contribution < 1.29 is 19.1 Å². The van der Waals surface area contributed by atoms with Gasteiger partial charge in [-0.15, -0.1) is 11.3 Å². The second-order valence-electron chi connectivity index (χ2n) is 5.13. The molecule has 2 aromatic heterocycles. The Kier molecular flexibility index (Phi) is 5.87. The van der Waals surface area contributed by atoms with Crippen LogP contribution in [0.3, 0.4) is 0 Å². The molecule has 8 nitrogen and oxygen atoms in total. The minimum atomic E-state index is -0.569. The van der Waals surface area contributed by atoms with Crippen LogP contribution in [0.4, 0.5) is 5.69 Å². The standard InChI is InChI=1S/C16H14N4O4S2/c21-13(18-10-3-1-4-11-15(10)20-26-19-11)9-24-14(22)6-7-17-16(23)12-5-2-8-25-12/h1-5,8H,6-7,9H2,(H,17,23)(H,18,21). The van der Waals surface area contributed by atoms with Gasteiger partial charge in [0.1, 0.15) is 11.0 Å². The lowest BCUT2D eigenvalue weighted by Gasteiger charge is -2.07. The second-order valence-corrected chi connectivity index (χ2v) is 6.61. The number of nitrogens with zero attached hydrogens (tertiary/aromatic N) is 2. The fraction of sp³-hybridized carbons (Fsp3) is 0.188. The van der Waals surface area contributed by atoms with E-state index in [9.17, 15) is 14.4 Å². The fourth-order valence-electron chi connectivity index (χ4n) is 2.08. The molecular weight excluding hydrogens is 376 g/mol. The van der Waals surface area contributed by atoms with Crippen LogP contribution in [-0.4, -0.2) is 39.7 Å². The van der Waals surface area contributed by atoms with Gasteiger partial charge < -0.3 is 15.4 Å². The minimum absolute atomic E-state index is 0.0179. The van der Waals surface area contributed by atoms with Crippen LogP contribution in [-0.2, 0) is 14.3 Å². The highest BCUT2D eigenvalue weighted by Crippen LogP contribution is 2.20. The van der Waals surface area contributed by atoms with Gasteiger partial charge in [0.25, 0.3) is 11.8 Å². The molecule has 0 unspecified atom stereocenters. The van der Waals surface area contributed by atoms with Crippen LogP contribution in [0.25, 0.3) is 11.0 Å². The van der Waals surface area contributed by atoms with Crippen molar-refractivity contribution in [3.63, 3.8) is 0 Å². The van der Waals surface area contributed by atoms with Crippen molar-refractivity contribution in [1.82, 2.24) is 14.1 Å². The van der Waals surface area contributed by atoms with Crippen LogP contribution >= 0.6 is 23.1 Å². The number of ether oxygens (including phenoxy) is 1. The SMILES string of the molecule is O=C(COC(=O)CCNC(=O)c1cccs1)Nc1cccc2nsnc12. The summed E-state index contributed by atoms with van der Waals surface area (Å²) in [5, 5.41) is 7.05. The lowest BCUT2D eigenvalue weighted by atomic mass is 10.2. The first-order chi connectivity index (χ1) is 12.6. The van der Waals surface area contributed by atoms with Crippen LogP contribution in [0.1, 0.15) is 16.1 Å². The van der Waals surface area contributed by atoms with Crippen molar-refractivity contribution in [3.05, 3.63) is 40.6 Å². The third-order valence-electron chi connectivity index (χ3n) is 3.28. The normalized spacial score (nSPS) is 10.5. The van der Waals surface area contributed by atoms with Gasteiger partial charge in [-0.2, -0.15) is 8.75 Å². The first kappa shape index (κ1) is 18.0. The van der Waals surface area contributed by atoms with E-state index in [0.29, 0.717) is 21.6 Å². The second kappa shape index (κ2) is 8.50. The van der Waals surface area contributed by atoms with Crippen LogP contribution in [0, 0.1) is 0 Å². The highest BCUT2D eigenvalue weighted by molar-refractivity contribution is 7.12. The Balaban J connectivity index is 1.39. The van der Waals surface area contributed by atoms with Crippen molar-refractivity contribution >= 4 is 57.6 Å². The van der Waals surface area contributed by atoms with Gasteiger partial charge in [0.2, 0.25) is 0 Å². The number of hydrogen-bond acceptors (Lipinski definition) is 8. The van der Waals surface area contributed by atoms with Crippen LogP contribution in [0.5, 0.6) is 0 Å². The molecule has 0 aliphatic rings. The number of carbonyl (C=O) groups excluding carboxylic acids is 3. The van der Waals surface area contributed by atoms with Gasteiger partial charge in [0.15, 0.2) is 6.61 Å². The quantitative estimate of drug-likeness (QED) is 0.598. The first-order valence-electron chi connectivity index (χ1n) is 7.62. The molecule has 3 aromatic rings. The zero-order chi connectivity index (χ0) is 18.4. The average Bonchev–Trinajstić information content (AvgIpc) is 3.32. The first-order valence-corrected chi connectivity index (χ1v) is 9.23. The maximum atomic E-state index is 11.9. The number of fused-ring (bicyclic) bond motifs is 1. The van der Waals surface area contributed by atoms with Gasteiger partial charge in [-0.05, 0) is 23.6 Å². The number of carbonyl (C=O) groups is 3. The molecule has 0 saturated heterocycles. The smallest absolute Gasteiger partial charge is 0.308 e. The third kappa shape index (κ3) is 4.61. The molecule has 0 bridgehead atoms. The molecule has 0 fully saturated rings. The fourth-order valence-corrected chi connectivity index (χ4v) is 3.27. The monoisotopic (exact) mass is 390 g/mol. The lowest BCUT2D eigenvalue weighted by molar-refractivity contribution is -0.147. The van der Waals surface area contributed by atoms with E-state index in [2.05, 4.69) is 19.4 Å². The summed E-state index contributed by atoms with van der Waals surface area (Å²) in [5.41, 5.74) is 1.79. The Morgan fingerprint density at radius 3 is 2.81 bits per heavy atom. The molecule has 1 aromatic carbocycles. The maximum Gasteiger partial charge on any atom is 0.308 e. The molecule has 134 valence electrons. The van der Waals surface area contributed by atoms with E-state index >= 15 is 0 Å². The summed E-state index contributed by atoms with van der Waals surface area (Å²) in [5.74, 6) is -1.28. The molecule has 0 radical (unpaired) electrons.